The predicted octanol–water partition coefficient (Wildman–Crippen LogP) is 4.00. The molecular weight excluding hydrogens is 500 g/mol. The van der Waals surface area contributed by atoms with Gasteiger partial charge in [0.25, 0.3) is 5.91 Å². The first-order valence-corrected chi connectivity index (χ1v) is 13.0. The van der Waals surface area contributed by atoms with E-state index in [0.717, 1.165) is 6.42 Å². The van der Waals surface area contributed by atoms with Crippen LogP contribution >= 0.6 is 0 Å². The van der Waals surface area contributed by atoms with Gasteiger partial charge in [0, 0.05) is 5.69 Å². The van der Waals surface area contributed by atoms with Crippen molar-refractivity contribution in [2.75, 3.05) is 23.4 Å². The minimum atomic E-state index is -0.714. The van der Waals surface area contributed by atoms with Gasteiger partial charge in [0.2, 0.25) is 11.8 Å². The van der Waals surface area contributed by atoms with E-state index >= 15 is 0 Å². The Bertz CT molecular complexity index is 1360. The van der Waals surface area contributed by atoms with Crippen LogP contribution in [0.25, 0.3) is 0 Å². The number of carbonyl (C=O) groups excluding carboxylic acids is 5. The molecule has 5 rings (SSSR count). The molecule has 2 fully saturated rings. The molecule has 1 saturated heterocycles. The summed E-state index contributed by atoms with van der Waals surface area (Å²) in [5, 5.41) is 2.60. The molecule has 1 aliphatic heterocycles. The topological polar surface area (TPSA) is 119 Å². The Balaban J connectivity index is 1.13. The third-order valence-electron chi connectivity index (χ3n) is 7.53. The maximum Gasteiger partial charge on any atom is 0.338 e. The molecule has 9 nitrogen and oxygen atoms in total. The zero-order valence-electron chi connectivity index (χ0n) is 22.0. The number of benzene rings is 2. The smallest absolute Gasteiger partial charge is 0.338 e. The van der Waals surface area contributed by atoms with Gasteiger partial charge >= 0.3 is 11.9 Å². The summed E-state index contributed by atoms with van der Waals surface area (Å²) in [6.45, 7) is 5.71. The van der Waals surface area contributed by atoms with Crippen molar-refractivity contribution in [3.8, 4) is 0 Å². The summed E-state index contributed by atoms with van der Waals surface area (Å²) in [5.74, 6) is -2.20. The lowest BCUT2D eigenvalue weighted by Crippen LogP contribution is -2.33. The number of ether oxygens (including phenoxy) is 2. The number of allylic oxidation sites excluding steroid dienone is 2. The molecule has 202 valence electrons. The first-order valence-electron chi connectivity index (χ1n) is 13.0. The lowest BCUT2D eigenvalue weighted by molar-refractivity contribution is -0.123. The van der Waals surface area contributed by atoms with Gasteiger partial charge in [0.1, 0.15) is 0 Å². The van der Waals surface area contributed by atoms with Crippen LogP contribution in [0.3, 0.4) is 0 Å². The number of anilines is 2. The van der Waals surface area contributed by atoms with Gasteiger partial charge in [-0.05, 0) is 79.6 Å². The number of hydrogen-bond donors (Lipinski definition) is 1. The Kier molecular flexibility index (Phi) is 7.08. The number of nitrogens with one attached hydrogen (secondary N) is 1. The Morgan fingerprint density at radius 1 is 0.897 bits per heavy atom. The molecule has 3 amide bonds. The molecule has 3 aliphatic rings. The van der Waals surface area contributed by atoms with Crippen LogP contribution in [0, 0.1) is 29.6 Å². The van der Waals surface area contributed by atoms with Gasteiger partial charge in [-0.2, -0.15) is 0 Å². The first-order chi connectivity index (χ1) is 18.6. The number of carbonyl (C=O) groups is 5. The molecule has 4 atom stereocenters. The minimum absolute atomic E-state index is 0.117. The van der Waals surface area contributed by atoms with Crippen molar-refractivity contribution in [1.29, 1.82) is 0 Å². The first kappa shape index (κ1) is 26.3. The number of hydrogen-bond acceptors (Lipinski definition) is 7. The van der Waals surface area contributed by atoms with Gasteiger partial charge in [-0.25, -0.2) is 9.59 Å². The molecule has 2 bridgehead atoms. The zero-order chi connectivity index (χ0) is 27.8. The Labute approximate surface area is 226 Å². The monoisotopic (exact) mass is 530 g/mol. The number of rotatable bonds is 8. The van der Waals surface area contributed by atoms with E-state index in [0.29, 0.717) is 23.5 Å². The minimum Gasteiger partial charge on any atom is -0.462 e. The molecule has 0 aromatic heterocycles. The summed E-state index contributed by atoms with van der Waals surface area (Å²) in [6, 6.07) is 12.2. The van der Waals surface area contributed by atoms with E-state index in [9.17, 15) is 24.0 Å². The van der Waals surface area contributed by atoms with Gasteiger partial charge in [0.05, 0.1) is 35.3 Å². The SMILES string of the molecule is CC1=C[C@H]2C[C@H]1[C@H]1C(=O)N(c3ccc(C(=O)OCC(=O)Nc4ccc(C(=O)OCC(C)C)cc4)cc3)C(=O)[C@@H]12. The van der Waals surface area contributed by atoms with Crippen molar-refractivity contribution in [2.24, 2.45) is 29.6 Å². The molecule has 0 spiro atoms. The lowest BCUT2D eigenvalue weighted by Gasteiger charge is -2.19. The van der Waals surface area contributed by atoms with E-state index < -0.39 is 24.5 Å². The number of esters is 2. The molecule has 1 saturated carbocycles. The van der Waals surface area contributed by atoms with Crippen molar-refractivity contribution in [3.05, 3.63) is 71.3 Å². The lowest BCUT2D eigenvalue weighted by atomic mass is 9.82. The molecule has 1 heterocycles. The largest absolute Gasteiger partial charge is 0.462 e. The quantitative estimate of drug-likeness (QED) is 0.311. The second-order valence-corrected chi connectivity index (χ2v) is 10.7. The molecule has 0 unspecified atom stereocenters. The maximum atomic E-state index is 13.1. The van der Waals surface area contributed by atoms with E-state index in [1.807, 2.05) is 20.8 Å². The average Bonchev–Trinajstić information content (AvgIpc) is 3.56. The Morgan fingerprint density at radius 3 is 2.13 bits per heavy atom. The molecule has 9 heteroatoms. The van der Waals surface area contributed by atoms with Crippen LogP contribution in [0.15, 0.2) is 60.2 Å². The Hall–Kier alpha value is -4.27. The van der Waals surface area contributed by atoms with Crippen molar-refractivity contribution < 1.29 is 33.4 Å². The summed E-state index contributed by atoms with van der Waals surface area (Å²) in [4.78, 5) is 64.1. The van der Waals surface area contributed by atoms with Crippen molar-refractivity contribution in [3.63, 3.8) is 0 Å². The standard InChI is InChI=1S/C30H30N2O7/c1-16(2)14-38-29(36)18-4-8-21(9-5-18)31-24(33)15-39-30(37)19-6-10-22(11-7-19)32-27(34)25-20-12-17(3)23(13-20)26(25)28(32)35/h4-12,16,20,23,25-26H,13-15H2,1-3H3,(H,31,33)/t20-,23+,25+,26+/m0/s1. The molecule has 2 aromatic carbocycles. The van der Waals surface area contributed by atoms with E-state index in [2.05, 4.69) is 11.4 Å². The van der Waals surface area contributed by atoms with Crippen molar-refractivity contribution in [2.45, 2.75) is 27.2 Å². The van der Waals surface area contributed by atoms with Crippen LogP contribution in [0.5, 0.6) is 0 Å². The molecule has 2 aliphatic carbocycles. The third kappa shape index (κ3) is 5.08. The summed E-state index contributed by atoms with van der Waals surface area (Å²) < 4.78 is 10.3. The van der Waals surface area contributed by atoms with Gasteiger partial charge in [0.15, 0.2) is 6.61 Å². The second kappa shape index (κ2) is 10.5. The van der Waals surface area contributed by atoms with Crippen LogP contribution in [0.2, 0.25) is 0 Å². The normalized spacial score (nSPS) is 23.1. The summed E-state index contributed by atoms with van der Waals surface area (Å²) in [6.07, 6.45) is 2.99. The molecular formula is C30H30N2O7. The Morgan fingerprint density at radius 2 is 1.49 bits per heavy atom. The third-order valence-corrected chi connectivity index (χ3v) is 7.53. The number of nitrogens with zero attached hydrogens (tertiary/aromatic N) is 1. The highest BCUT2D eigenvalue weighted by molar-refractivity contribution is 6.23. The number of fused-ring (bicyclic) bond motifs is 5. The van der Waals surface area contributed by atoms with E-state index in [1.54, 1.807) is 24.3 Å². The highest BCUT2D eigenvalue weighted by atomic mass is 16.5. The van der Waals surface area contributed by atoms with Gasteiger partial charge in [-0.3, -0.25) is 19.3 Å². The van der Waals surface area contributed by atoms with Crippen LogP contribution < -0.4 is 10.2 Å². The highest BCUT2D eigenvalue weighted by Crippen LogP contribution is 2.55. The highest BCUT2D eigenvalue weighted by Gasteiger charge is 2.60. The molecule has 2 aromatic rings. The second-order valence-electron chi connectivity index (χ2n) is 10.7. The van der Waals surface area contributed by atoms with Crippen LogP contribution in [-0.2, 0) is 23.9 Å². The fraction of sp³-hybridized carbons (Fsp3) is 0.367. The molecule has 0 radical (unpaired) electrons. The maximum absolute atomic E-state index is 13.1. The van der Waals surface area contributed by atoms with Gasteiger partial charge < -0.3 is 14.8 Å². The van der Waals surface area contributed by atoms with Crippen LogP contribution in [-0.4, -0.2) is 42.9 Å². The van der Waals surface area contributed by atoms with Gasteiger partial charge in [-0.15, -0.1) is 0 Å². The number of imide groups is 1. The fourth-order valence-corrected chi connectivity index (χ4v) is 5.70. The number of amides is 3. The fourth-order valence-electron chi connectivity index (χ4n) is 5.70. The van der Waals surface area contributed by atoms with Crippen LogP contribution in [0.1, 0.15) is 47.9 Å². The zero-order valence-corrected chi connectivity index (χ0v) is 22.0. The summed E-state index contributed by atoms with van der Waals surface area (Å²) >= 11 is 0. The van der Waals surface area contributed by atoms with E-state index in [4.69, 9.17) is 9.47 Å². The van der Waals surface area contributed by atoms with Crippen LogP contribution in [0.4, 0.5) is 11.4 Å². The van der Waals surface area contributed by atoms with E-state index in [1.165, 1.54) is 34.7 Å². The summed E-state index contributed by atoms with van der Waals surface area (Å²) in [5.41, 5.74) is 2.59. The predicted molar refractivity (Wildman–Crippen MR) is 142 cm³/mol. The summed E-state index contributed by atoms with van der Waals surface area (Å²) in [7, 11) is 0. The van der Waals surface area contributed by atoms with E-state index in [-0.39, 0.29) is 47.0 Å². The van der Waals surface area contributed by atoms with Crippen molar-refractivity contribution >= 4 is 41.0 Å². The molecule has 39 heavy (non-hydrogen) atoms. The average molecular weight is 531 g/mol. The van der Waals surface area contributed by atoms with Crippen molar-refractivity contribution in [1.82, 2.24) is 0 Å². The van der Waals surface area contributed by atoms with Gasteiger partial charge in [-0.1, -0.05) is 25.5 Å². The molecule has 1 N–H and O–H groups in total.